The van der Waals surface area contributed by atoms with Gasteiger partial charge >= 0.3 is 6.03 Å². The second kappa shape index (κ2) is 8.31. The van der Waals surface area contributed by atoms with Crippen molar-refractivity contribution in [3.63, 3.8) is 0 Å². The van der Waals surface area contributed by atoms with Crippen LogP contribution < -0.4 is 10.6 Å². The fourth-order valence-electron chi connectivity index (χ4n) is 2.90. The van der Waals surface area contributed by atoms with Crippen molar-refractivity contribution in [1.29, 1.82) is 0 Å². The summed E-state index contributed by atoms with van der Waals surface area (Å²) in [4.78, 5) is 12.4. The number of nitrogens with one attached hydrogen (secondary N) is 2. The third-order valence-corrected chi connectivity index (χ3v) is 4.38. The highest BCUT2D eigenvalue weighted by molar-refractivity contribution is 6.02. The Bertz CT molecular complexity index is 1240. The summed E-state index contributed by atoms with van der Waals surface area (Å²) in [5.74, 6) is -5.02. The Kier molecular flexibility index (Phi) is 5.40. The largest absolute Gasteiger partial charge is 0.323 e. The lowest BCUT2D eigenvalue weighted by Crippen LogP contribution is -2.20. The molecule has 0 saturated heterocycles. The maximum atomic E-state index is 13.9. The number of hydrogen-bond acceptors (Lipinski definition) is 2. The van der Waals surface area contributed by atoms with E-state index in [1.165, 1.54) is 35.1 Å². The molecule has 0 atom stereocenters. The zero-order chi connectivity index (χ0) is 22.0. The van der Waals surface area contributed by atoms with Gasteiger partial charge in [0.2, 0.25) is 0 Å². The molecule has 0 bridgehead atoms. The molecule has 2 amide bonds. The summed E-state index contributed by atoms with van der Waals surface area (Å²) < 4.78 is 55.2. The van der Waals surface area contributed by atoms with Crippen LogP contribution in [0.5, 0.6) is 0 Å². The van der Waals surface area contributed by atoms with Crippen LogP contribution in [0.15, 0.2) is 72.9 Å². The second-order valence-electron chi connectivity index (χ2n) is 6.48. The third-order valence-electron chi connectivity index (χ3n) is 4.38. The number of aromatic nitrogens is 2. The Hall–Kier alpha value is -4.14. The van der Waals surface area contributed by atoms with Gasteiger partial charge in [0.15, 0.2) is 17.5 Å². The fraction of sp³-hybridized carbons (Fsp3) is 0. The van der Waals surface area contributed by atoms with Crippen molar-refractivity contribution in [3.05, 3.63) is 96.2 Å². The minimum Gasteiger partial charge on any atom is -0.305 e. The molecule has 1 heterocycles. The number of hydrogen-bond donors (Lipinski definition) is 2. The van der Waals surface area contributed by atoms with Gasteiger partial charge in [-0.05, 0) is 48.5 Å². The predicted octanol–water partition coefficient (Wildman–Crippen LogP) is 5.74. The van der Waals surface area contributed by atoms with Gasteiger partial charge < -0.3 is 10.6 Å². The number of carbonyl (C=O) groups is 1. The van der Waals surface area contributed by atoms with E-state index in [9.17, 15) is 22.4 Å². The summed E-state index contributed by atoms with van der Waals surface area (Å²) >= 11 is 0. The van der Waals surface area contributed by atoms with Gasteiger partial charge in [-0.2, -0.15) is 5.10 Å². The van der Waals surface area contributed by atoms with Gasteiger partial charge in [0.1, 0.15) is 11.5 Å². The molecule has 4 rings (SSSR count). The quantitative estimate of drug-likeness (QED) is 0.323. The summed E-state index contributed by atoms with van der Waals surface area (Å²) in [6, 6.07) is 15.2. The average Bonchev–Trinajstić information content (AvgIpc) is 3.19. The Morgan fingerprint density at radius 2 is 1.45 bits per heavy atom. The molecule has 9 heteroatoms. The van der Waals surface area contributed by atoms with E-state index in [4.69, 9.17) is 0 Å². The molecule has 5 nitrogen and oxygen atoms in total. The molecule has 0 spiro atoms. The SMILES string of the molecule is O=C(Nc1cn(-c2ccccc2)nc1-c1ccc(F)cc1)Nc1ccc(F)c(F)c1F. The number of para-hydroxylation sites is 1. The highest BCUT2D eigenvalue weighted by atomic mass is 19.2. The van der Waals surface area contributed by atoms with Crippen LogP contribution in [0.2, 0.25) is 0 Å². The molecule has 0 fully saturated rings. The van der Waals surface area contributed by atoms with Crippen LogP contribution in [0, 0.1) is 23.3 Å². The topological polar surface area (TPSA) is 59.0 Å². The molecule has 0 aliphatic carbocycles. The van der Waals surface area contributed by atoms with Crippen LogP contribution >= 0.6 is 0 Å². The van der Waals surface area contributed by atoms with E-state index >= 15 is 0 Å². The lowest BCUT2D eigenvalue weighted by atomic mass is 10.1. The first-order valence-electron chi connectivity index (χ1n) is 9.05. The number of carbonyl (C=O) groups excluding carboxylic acids is 1. The molecule has 3 aromatic carbocycles. The molecule has 2 N–H and O–H groups in total. The van der Waals surface area contributed by atoms with Gasteiger partial charge in [0.05, 0.1) is 23.3 Å². The zero-order valence-corrected chi connectivity index (χ0v) is 15.7. The maximum Gasteiger partial charge on any atom is 0.323 e. The minimum absolute atomic E-state index is 0.232. The Morgan fingerprint density at radius 3 is 2.16 bits per heavy atom. The first-order valence-corrected chi connectivity index (χ1v) is 9.05. The third kappa shape index (κ3) is 4.25. The second-order valence-corrected chi connectivity index (χ2v) is 6.48. The molecule has 31 heavy (non-hydrogen) atoms. The molecule has 0 aliphatic heterocycles. The number of nitrogens with zero attached hydrogens (tertiary/aromatic N) is 2. The van der Waals surface area contributed by atoms with Crippen molar-refractivity contribution >= 4 is 17.4 Å². The summed E-state index contributed by atoms with van der Waals surface area (Å²) in [6.45, 7) is 0. The fourth-order valence-corrected chi connectivity index (χ4v) is 2.90. The normalized spacial score (nSPS) is 10.7. The van der Waals surface area contributed by atoms with Crippen LogP contribution in [0.3, 0.4) is 0 Å². The van der Waals surface area contributed by atoms with E-state index in [0.29, 0.717) is 23.0 Å². The van der Waals surface area contributed by atoms with Crippen LogP contribution in [0.1, 0.15) is 0 Å². The van der Waals surface area contributed by atoms with E-state index in [1.54, 1.807) is 24.3 Å². The van der Waals surface area contributed by atoms with E-state index in [2.05, 4.69) is 15.7 Å². The van der Waals surface area contributed by atoms with Crippen LogP contribution in [0.25, 0.3) is 16.9 Å². The zero-order valence-electron chi connectivity index (χ0n) is 15.7. The standard InChI is InChI=1S/C22H14F4N4O/c23-14-8-6-13(7-9-14)21-18(12-30(29-21)15-4-2-1-3-5-15)28-22(31)27-17-11-10-16(24)19(25)20(17)26/h1-12H,(H2,27,28,31). The molecule has 1 aromatic heterocycles. The van der Waals surface area contributed by atoms with Gasteiger partial charge in [0.25, 0.3) is 0 Å². The van der Waals surface area contributed by atoms with E-state index < -0.39 is 35.0 Å². The Balaban J connectivity index is 1.66. The molecule has 0 unspecified atom stereocenters. The number of benzene rings is 3. The maximum absolute atomic E-state index is 13.9. The molecule has 0 saturated carbocycles. The first kappa shape index (κ1) is 20.1. The summed E-state index contributed by atoms with van der Waals surface area (Å²) in [7, 11) is 0. The number of rotatable bonds is 4. The van der Waals surface area contributed by atoms with Gasteiger partial charge in [-0.3, -0.25) is 0 Å². The van der Waals surface area contributed by atoms with Crippen molar-refractivity contribution in [1.82, 2.24) is 9.78 Å². The van der Waals surface area contributed by atoms with Crippen LogP contribution in [0.4, 0.5) is 33.7 Å². The molecular formula is C22H14F4N4O. The van der Waals surface area contributed by atoms with E-state index in [-0.39, 0.29) is 5.69 Å². The van der Waals surface area contributed by atoms with Crippen molar-refractivity contribution in [3.8, 4) is 16.9 Å². The number of halogens is 4. The molecule has 0 radical (unpaired) electrons. The highest BCUT2D eigenvalue weighted by Crippen LogP contribution is 2.28. The predicted molar refractivity (Wildman–Crippen MR) is 108 cm³/mol. The molecule has 156 valence electrons. The van der Waals surface area contributed by atoms with Crippen LogP contribution in [-0.4, -0.2) is 15.8 Å². The summed E-state index contributed by atoms with van der Waals surface area (Å²) in [5, 5.41) is 9.10. The lowest BCUT2D eigenvalue weighted by Gasteiger charge is -2.09. The van der Waals surface area contributed by atoms with Gasteiger partial charge in [-0.15, -0.1) is 0 Å². The Labute approximate surface area is 173 Å². The van der Waals surface area contributed by atoms with Crippen molar-refractivity contribution in [2.24, 2.45) is 0 Å². The van der Waals surface area contributed by atoms with E-state index in [0.717, 1.165) is 6.07 Å². The molecular weight excluding hydrogens is 412 g/mol. The number of anilines is 2. The lowest BCUT2D eigenvalue weighted by molar-refractivity contribution is 0.262. The summed E-state index contributed by atoms with van der Waals surface area (Å²) in [5.41, 5.74) is 1.24. The van der Waals surface area contributed by atoms with Crippen molar-refractivity contribution < 1.29 is 22.4 Å². The molecule has 4 aromatic rings. The number of urea groups is 1. The van der Waals surface area contributed by atoms with Crippen molar-refractivity contribution in [2.45, 2.75) is 0 Å². The van der Waals surface area contributed by atoms with Crippen LogP contribution in [-0.2, 0) is 0 Å². The molecule has 0 aliphatic rings. The monoisotopic (exact) mass is 426 g/mol. The summed E-state index contributed by atoms with van der Waals surface area (Å²) in [6.07, 6.45) is 1.52. The highest BCUT2D eigenvalue weighted by Gasteiger charge is 2.18. The van der Waals surface area contributed by atoms with Gasteiger partial charge in [-0.25, -0.2) is 27.0 Å². The van der Waals surface area contributed by atoms with Crippen molar-refractivity contribution in [2.75, 3.05) is 10.6 Å². The van der Waals surface area contributed by atoms with Gasteiger partial charge in [0, 0.05) is 5.56 Å². The van der Waals surface area contributed by atoms with E-state index in [1.807, 2.05) is 6.07 Å². The van der Waals surface area contributed by atoms with Gasteiger partial charge in [-0.1, -0.05) is 18.2 Å². The Morgan fingerprint density at radius 1 is 0.774 bits per heavy atom. The smallest absolute Gasteiger partial charge is 0.305 e. The minimum atomic E-state index is -1.69. The number of amides is 2. The average molecular weight is 426 g/mol. The first-order chi connectivity index (χ1) is 14.9.